The SMILES string of the molecule is CCC1(CNc2nnc(CCN)o2)CCCC1. The van der Waals surface area contributed by atoms with Crippen molar-refractivity contribution in [2.45, 2.75) is 45.4 Å². The van der Waals surface area contributed by atoms with Crippen LogP contribution in [0.15, 0.2) is 4.42 Å². The molecule has 0 spiro atoms. The van der Waals surface area contributed by atoms with Gasteiger partial charge in [-0.3, -0.25) is 0 Å². The van der Waals surface area contributed by atoms with Gasteiger partial charge in [0.25, 0.3) is 0 Å². The van der Waals surface area contributed by atoms with Crippen molar-refractivity contribution >= 4 is 6.01 Å². The third-order valence-corrected chi connectivity index (χ3v) is 3.85. The summed E-state index contributed by atoms with van der Waals surface area (Å²) in [5.41, 5.74) is 5.87. The quantitative estimate of drug-likeness (QED) is 0.792. The van der Waals surface area contributed by atoms with Crippen LogP contribution in [0, 0.1) is 5.41 Å². The fourth-order valence-corrected chi connectivity index (χ4v) is 2.59. The first-order valence-corrected chi connectivity index (χ1v) is 6.54. The lowest BCUT2D eigenvalue weighted by Crippen LogP contribution is -2.25. The molecule has 0 saturated heterocycles. The number of aromatic nitrogens is 2. The van der Waals surface area contributed by atoms with Crippen LogP contribution in [0.2, 0.25) is 0 Å². The van der Waals surface area contributed by atoms with Gasteiger partial charge in [0.05, 0.1) is 0 Å². The summed E-state index contributed by atoms with van der Waals surface area (Å²) in [6.45, 7) is 3.74. The van der Waals surface area contributed by atoms with Gasteiger partial charge in [-0.2, -0.15) is 0 Å². The average Bonchev–Trinajstić information content (AvgIpc) is 2.96. The van der Waals surface area contributed by atoms with E-state index in [4.69, 9.17) is 10.2 Å². The first-order chi connectivity index (χ1) is 8.28. The van der Waals surface area contributed by atoms with Crippen molar-refractivity contribution in [1.29, 1.82) is 0 Å². The van der Waals surface area contributed by atoms with Gasteiger partial charge in [0.1, 0.15) is 0 Å². The van der Waals surface area contributed by atoms with E-state index in [0.29, 0.717) is 30.3 Å². The first kappa shape index (κ1) is 12.4. The van der Waals surface area contributed by atoms with Crippen LogP contribution in [0.25, 0.3) is 0 Å². The van der Waals surface area contributed by atoms with Crippen molar-refractivity contribution in [2.24, 2.45) is 11.1 Å². The lowest BCUT2D eigenvalue weighted by molar-refractivity contribution is 0.303. The fraction of sp³-hybridized carbons (Fsp3) is 0.833. The topological polar surface area (TPSA) is 77.0 Å². The van der Waals surface area contributed by atoms with E-state index in [-0.39, 0.29) is 0 Å². The van der Waals surface area contributed by atoms with Crippen LogP contribution < -0.4 is 11.1 Å². The molecule has 5 heteroatoms. The summed E-state index contributed by atoms with van der Waals surface area (Å²) in [5.74, 6) is 0.618. The number of nitrogens with two attached hydrogens (primary N) is 1. The molecular weight excluding hydrogens is 216 g/mol. The van der Waals surface area contributed by atoms with E-state index in [1.54, 1.807) is 0 Å². The van der Waals surface area contributed by atoms with Crippen LogP contribution in [-0.4, -0.2) is 23.3 Å². The van der Waals surface area contributed by atoms with Crippen molar-refractivity contribution in [3.8, 4) is 0 Å². The largest absolute Gasteiger partial charge is 0.408 e. The highest BCUT2D eigenvalue weighted by Gasteiger charge is 2.32. The summed E-state index contributed by atoms with van der Waals surface area (Å²) in [5, 5.41) is 11.2. The van der Waals surface area contributed by atoms with Gasteiger partial charge in [-0.1, -0.05) is 24.9 Å². The molecule has 0 amide bonds. The predicted octanol–water partition coefficient (Wildman–Crippen LogP) is 1.95. The molecule has 1 aliphatic carbocycles. The minimum Gasteiger partial charge on any atom is -0.408 e. The zero-order valence-corrected chi connectivity index (χ0v) is 10.5. The van der Waals surface area contributed by atoms with Gasteiger partial charge >= 0.3 is 6.01 Å². The fourth-order valence-electron chi connectivity index (χ4n) is 2.59. The molecule has 3 N–H and O–H groups in total. The Morgan fingerprint density at radius 1 is 1.35 bits per heavy atom. The number of rotatable bonds is 6. The van der Waals surface area contributed by atoms with E-state index in [0.717, 1.165) is 6.54 Å². The highest BCUT2D eigenvalue weighted by Crippen LogP contribution is 2.40. The number of nitrogens with one attached hydrogen (secondary N) is 1. The minimum atomic E-state index is 0.433. The van der Waals surface area contributed by atoms with Crippen LogP contribution in [-0.2, 0) is 6.42 Å². The molecule has 1 heterocycles. The van der Waals surface area contributed by atoms with Gasteiger partial charge in [0.2, 0.25) is 5.89 Å². The van der Waals surface area contributed by atoms with Crippen molar-refractivity contribution in [3.63, 3.8) is 0 Å². The molecule has 17 heavy (non-hydrogen) atoms. The van der Waals surface area contributed by atoms with E-state index in [1.807, 2.05) is 0 Å². The Balaban J connectivity index is 1.87. The maximum atomic E-state index is 5.46. The molecule has 0 bridgehead atoms. The second-order valence-corrected chi connectivity index (χ2v) is 4.95. The lowest BCUT2D eigenvalue weighted by atomic mass is 9.83. The Bertz CT molecular complexity index is 344. The van der Waals surface area contributed by atoms with Crippen molar-refractivity contribution < 1.29 is 4.42 Å². The van der Waals surface area contributed by atoms with E-state index >= 15 is 0 Å². The maximum Gasteiger partial charge on any atom is 0.315 e. The second kappa shape index (κ2) is 5.49. The molecule has 1 saturated carbocycles. The molecule has 2 rings (SSSR count). The van der Waals surface area contributed by atoms with Gasteiger partial charge in [-0.15, -0.1) is 5.10 Å². The smallest absolute Gasteiger partial charge is 0.315 e. The highest BCUT2D eigenvalue weighted by atomic mass is 16.4. The molecule has 1 aliphatic rings. The third-order valence-electron chi connectivity index (χ3n) is 3.85. The maximum absolute atomic E-state index is 5.46. The molecule has 1 aromatic heterocycles. The van der Waals surface area contributed by atoms with Crippen molar-refractivity contribution in [2.75, 3.05) is 18.4 Å². The van der Waals surface area contributed by atoms with Crippen molar-refractivity contribution in [3.05, 3.63) is 5.89 Å². The number of hydrogen-bond acceptors (Lipinski definition) is 5. The van der Waals surface area contributed by atoms with E-state index < -0.39 is 0 Å². The number of hydrogen-bond donors (Lipinski definition) is 2. The van der Waals surface area contributed by atoms with E-state index in [1.165, 1.54) is 32.1 Å². The number of anilines is 1. The summed E-state index contributed by atoms with van der Waals surface area (Å²) < 4.78 is 5.46. The molecule has 96 valence electrons. The molecule has 5 nitrogen and oxygen atoms in total. The Hall–Kier alpha value is -1.10. The molecule has 0 atom stereocenters. The lowest BCUT2D eigenvalue weighted by Gasteiger charge is -2.26. The number of nitrogens with zero attached hydrogens (tertiary/aromatic N) is 2. The zero-order valence-electron chi connectivity index (χ0n) is 10.5. The molecule has 0 aliphatic heterocycles. The Labute approximate surface area is 102 Å². The van der Waals surface area contributed by atoms with Gasteiger partial charge in [-0.25, -0.2) is 0 Å². The zero-order chi connectivity index (χ0) is 12.1. The normalized spacial score (nSPS) is 18.5. The van der Waals surface area contributed by atoms with Gasteiger partial charge in [0.15, 0.2) is 0 Å². The standard InChI is InChI=1S/C12H22N4O/c1-2-12(6-3-4-7-12)9-14-11-16-15-10(17-11)5-8-13/h2-9,13H2,1H3,(H,14,16). The molecule has 1 aromatic rings. The average molecular weight is 238 g/mol. The second-order valence-electron chi connectivity index (χ2n) is 4.95. The summed E-state index contributed by atoms with van der Waals surface area (Å²) in [7, 11) is 0. The Morgan fingerprint density at radius 2 is 2.12 bits per heavy atom. The first-order valence-electron chi connectivity index (χ1n) is 6.54. The van der Waals surface area contributed by atoms with Crippen LogP contribution in [0.5, 0.6) is 0 Å². The summed E-state index contributed by atoms with van der Waals surface area (Å²) in [6, 6.07) is 0.535. The monoisotopic (exact) mass is 238 g/mol. The van der Waals surface area contributed by atoms with E-state index in [9.17, 15) is 0 Å². The Kier molecular flexibility index (Phi) is 3.99. The van der Waals surface area contributed by atoms with Crippen LogP contribution >= 0.6 is 0 Å². The summed E-state index contributed by atoms with van der Waals surface area (Å²) >= 11 is 0. The Morgan fingerprint density at radius 3 is 2.76 bits per heavy atom. The summed E-state index contributed by atoms with van der Waals surface area (Å²) in [6.07, 6.45) is 7.16. The van der Waals surface area contributed by atoms with Gasteiger partial charge in [-0.05, 0) is 24.7 Å². The van der Waals surface area contributed by atoms with Crippen LogP contribution in [0.3, 0.4) is 0 Å². The van der Waals surface area contributed by atoms with Crippen molar-refractivity contribution in [1.82, 2.24) is 10.2 Å². The summed E-state index contributed by atoms with van der Waals surface area (Å²) in [4.78, 5) is 0. The molecular formula is C12H22N4O. The van der Waals surface area contributed by atoms with Crippen LogP contribution in [0.4, 0.5) is 6.01 Å². The molecule has 0 unspecified atom stereocenters. The molecule has 0 radical (unpaired) electrons. The third kappa shape index (κ3) is 2.97. The predicted molar refractivity (Wildman–Crippen MR) is 66.7 cm³/mol. The minimum absolute atomic E-state index is 0.433. The highest BCUT2D eigenvalue weighted by molar-refractivity contribution is 5.18. The van der Waals surface area contributed by atoms with Crippen LogP contribution in [0.1, 0.15) is 44.9 Å². The molecule has 0 aromatic carbocycles. The molecule has 1 fully saturated rings. The van der Waals surface area contributed by atoms with Gasteiger partial charge < -0.3 is 15.5 Å². The van der Waals surface area contributed by atoms with E-state index in [2.05, 4.69) is 22.4 Å². The van der Waals surface area contributed by atoms with Gasteiger partial charge in [0, 0.05) is 19.5 Å².